The van der Waals surface area contributed by atoms with Crippen LogP contribution in [-0.2, 0) is 0 Å². The summed E-state index contributed by atoms with van der Waals surface area (Å²) in [6.07, 6.45) is 7.12. The summed E-state index contributed by atoms with van der Waals surface area (Å²) >= 11 is 6.38. The predicted octanol–water partition coefficient (Wildman–Crippen LogP) is 4.52. The van der Waals surface area contributed by atoms with Gasteiger partial charge in [0.15, 0.2) is 5.15 Å². The van der Waals surface area contributed by atoms with Gasteiger partial charge in [0.1, 0.15) is 11.3 Å². The van der Waals surface area contributed by atoms with E-state index in [0.717, 1.165) is 35.1 Å². The highest BCUT2D eigenvalue weighted by molar-refractivity contribution is 6.33. The van der Waals surface area contributed by atoms with Gasteiger partial charge in [0.2, 0.25) is 5.95 Å². The molecule has 148 valence electrons. The fourth-order valence-electron chi connectivity index (χ4n) is 3.13. The average molecular weight is 409 g/mol. The smallest absolute Gasteiger partial charge is 0.227 e. The number of methoxy groups -OCH3 is 1. The molecule has 2 aromatic heterocycles. The van der Waals surface area contributed by atoms with Crippen molar-refractivity contribution in [2.24, 2.45) is 0 Å². The van der Waals surface area contributed by atoms with E-state index in [1.54, 1.807) is 26.6 Å². The summed E-state index contributed by atoms with van der Waals surface area (Å²) in [4.78, 5) is 13.5. The summed E-state index contributed by atoms with van der Waals surface area (Å²) in [7, 11) is 3.39. The molecule has 0 saturated heterocycles. The zero-order valence-corrected chi connectivity index (χ0v) is 16.9. The molecule has 0 unspecified atom stereocenters. The van der Waals surface area contributed by atoms with Gasteiger partial charge in [-0.25, -0.2) is 15.0 Å². The standard InChI is InChI=1S/C21H21ClN6O/c1-24-10-15(9-23)13-5-6-16(18(8-13)29-2)27-21-25-11-14-7-17(12-3-4-12)26-20(22)19(14)28-21/h5-12,23-24H,3-4H2,1-2H3,(H,25,27,28)/b15-10+,23-9?. The Bertz CT molecular complexity index is 1110. The van der Waals surface area contributed by atoms with Crippen LogP contribution in [0.2, 0.25) is 5.15 Å². The van der Waals surface area contributed by atoms with Crippen molar-refractivity contribution in [1.29, 1.82) is 5.41 Å². The first-order chi connectivity index (χ1) is 14.1. The number of halogens is 1. The summed E-state index contributed by atoms with van der Waals surface area (Å²) in [5, 5.41) is 15.0. The summed E-state index contributed by atoms with van der Waals surface area (Å²) < 4.78 is 5.51. The van der Waals surface area contributed by atoms with Crippen LogP contribution in [-0.4, -0.2) is 35.3 Å². The molecule has 1 fully saturated rings. The second-order valence-corrected chi connectivity index (χ2v) is 7.17. The van der Waals surface area contributed by atoms with Gasteiger partial charge in [0, 0.05) is 48.2 Å². The second kappa shape index (κ2) is 8.05. The van der Waals surface area contributed by atoms with E-state index in [4.69, 9.17) is 21.7 Å². The lowest BCUT2D eigenvalue weighted by molar-refractivity contribution is 0.416. The third-order valence-corrected chi connectivity index (χ3v) is 5.04. The molecule has 0 atom stereocenters. The lowest BCUT2D eigenvalue weighted by Gasteiger charge is -2.13. The molecule has 0 amide bonds. The van der Waals surface area contributed by atoms with Gasteiger partial charge < -0.3 is 20.8 Å². The molecule has 0 aliphatic heterocycles. The molecule has 8 heteroatoms. The second-order valence-electron chi connectivity index (χ2n) is 6.82. The number of fused-ring (bicyclic) bond motifs is 1. The maximum atomic E-state index is 7.58. The Balaban J connectivity index is 1.65. The minimum absolute atomic E-state index is 0.394. The van der Waals surface area contributed by atoms with Crippen LogP contribution in [0.4, 0.5) is 11.6 Å². The minimum Gasteiger partial charge on any atom is -0.495 e. The average Bonchev–Trinajstić information content (AvgIpc) is 3.58. The van der Waals surface area contributed by atoms with Crippen molar-refractivity contribution in [2.75, 3.05) is 19.5 Å². The maximum absolute atomic E-state index is 7.58. The highest BCUT2D eigenvalue weighted by Gasteiger charge is 2.26. The van der Waals surface area contributed by atoms with E-state index in [-0.39, 0.29) is 0 Å². The van der Waals surface area contributed by atoms with Crippen LogP contribution in [0.1, 0.15) is 30.0 Å². The largest absolute Gasteiger partial charge is 0.495 e. The Morgan fingerprint density at radius 3 is 2.79 bits per heavy atom. The predicted molar refractivity (Wildman–Crippen MR) is 116 cm³/mol. The van der Waals surface area contributed by atoms with E-state index in [1.807, 2.05) is 24.3 Å². The van der Waals surface area contributed by atoms with E-state index >= 15 is 0 Å². The number of ether oxygens (including phenoxy) is 1. The molecular weight excluding hydrogens is 388 g/mol. The molecule has 1 aliphatic rings. The van der Waals surface area contributed by atoms with Crippen molar-refractivity contribution in [2.45, 2.75) is 18.8 Å². The number of benzene rings is 1. The van der Waals surface area contributed by atoms with Crippen LogP contribution >= 0.6 is 11.6 Å². The highest BCUT2D eigenvalue weighted by atomic mass is 35.5. The van der Waals surface area contributed by atoms with E-state index in [1.165, 1.54) is 6.21 Å². The summed E-state index contributed by atoms with van der Waals surface area (Å²) in [5.41, 5.74) is 3.94. The molecule has 7 nitrogen and oxygen atoms in total. The van der Waals surface area contributed by atoms with Crippen LogP contribution in [0.15, 0.2) is 36.7 Å². The van der Waals surface area contributed by atoms with Crippen molar-refractivity contribution in [3.05, 3.63) is 53.1 Å². The van der Waals surface area contributed by atoms with E-state index < -0.39 is 0 Å². The Hall–Kier alpha value is -3.19. The van der Waals surface area contributed by atoms with Crippen LogP contribution in [0.5, 0.6) is 5.75 Å². The number of anilines is 2. The molecule has 1 aromatic carbocycles. The van der Waals surface area contributed by atoms with Gasteiger partial charge in [0.25, 0.3) is 0 Å². The van der Waals surface area contributed by atoms with Gasteiger partial charge in [-0.3, -0.25) is 0 Å². The molecule has 1 aliphatic carbocycles. The number of aromatic nitrogens is 3. The van der Waals surface area contributed by atoms with Gasteiger partial charge in [-0.15, -0.1) is 0 Å². The zero-order valence-electron chi connectivity index (χ0n) is 16.2. The molecule has 0 radical (unpaired) electrons. The molecule has 29 heavy (non-hydrogen) atoms. The topological polar surface area (TPSA) is 95.8 Å². The van der Waals surface area contributed by atoms with Crippen molar-refractivity contribution in [3.8, 4) is 5.75 Å². The lowest BCUT2D eigenvalue weighted by Crippen LogP contribution is -2.02. The van der Waals surface area contributed by atoms with Crippen LogP contribution in [0, 0.1) is 5.41 Å². The number of nitrogens with one attached hydrogen (secondary N) is 3. The van der Waals surface area contributed by atoms with Crippen molar-refractivity contribution in [1.82, 2.24) is 20.3 Å². The third kappa shape index (κ3) is 4.00. The molecular formula is C21H21ClN6O. The van der Waals surface area contributed by atoms with Gasteiger partial charge in [-0.1, -0.05) is 17.7 Å². The number of pyridine rings is 1. The lowest BCUT2D eigenvalue weighted by atomic mass is 10.1. The maximum Gasteiger partial charge on any atom is 0.227 e. The molecule has 2 heterocycles. The van der Waals surface area contributed by atoms with Crippen LogP contribution in [0.25, 0.3) is 16.5 Å². The molecule has 0 spiro atoms. The zero-order chi connectivity index (χ0) is 20.4. The monoisotopic (exact) mass is 408 g/mol. The first kappa shape index (κ1) is 19.1. The Morgan fingerprint density at radius 2 is 2.10 bits per heavy atom. The summed E-state index contributed by atoms with van der Waals surface area (Å²) in [6, 6.07) is 7.64. The normalized spacial score (nSPS) is 14.0. The van der Waals surface area contributed by atoms with Gasteiger partial charge in [-0.05, 0) is 36.6 Å². The molecule has 4 rings (SSSR count). The van der Waals surface area contributed by atoms with Crippen LogP contribution in [0.3, 0.4) is 0 Å². The SMILES string of the molecule is CN/C=C(\C=N)c1ccc(Nc2ncc3cc(C4CC4)nc(Cl)c3n2)c(OC)c1. The number of hydrogen-bond donors (Lipinski definition) is 3. The third-order valence-electron chi connectivity index (χ3n) is 4.78. The number of allylic oxidation sites excluding steroid dienone is 1. The van der Waals surface area contributed by atoms with Crippen molar-refractivity contribution < 1.29 is 4.74 Å². The van der Waals surface area contributed by atoms with Crippen LogP contribution < -0.4 is 15.4 Å². The Labute approximate surface area is 173 Å². The number of nitrogens with zero attached hydrogens (tertiary/aromatic N) is 3. The van der Waals surface area contributed by atoms with E-state index in [9.17, 15) is 0 Å². The van der Waals surface area contributed by atoms with E-state index in [2.05, 4.69) is 25.6 Å². The quantitative estimate of drug-likeness (QED) is 0.393. The number of hydrogen-bond acceptors (Lipinski definition) is 7. The minimum atomic E-state index is 0.394. The molecule has 0 bridgehead atoms. The number of rotatable bonds is 7. The summed E-state index contributed by atoms with van der Waals surface area (Å²) in [5.74, 6) is 1.54. The Morgan fingerprint density at radius 1 is 1.28 bits per heavy atom. The first-order valence-electron chi connectivity index (χ1n) is 9.29. The van der Waals surface area contributed by atoms with E-state index in [0.29, 0.717) is 34.0 Å². The van der Waals surface area contributed by atoms with Crippen molar-refractivity contribution in [3.63, 3.8) is 0 Å². The van der Waals surface area contributed by atoms with Crippen molar-refractivity contribution >= 4 is 45.9 Å². The van der Waals surface area contributed by atoms with Gasteiger partial charge in [0.05, 0.1) is 12.8 Å². The van der Waals surface area contributed by atoms with Gasteiger partial charge >= 0.3 is 0 Å². The molecule has 3 N–H and O–H groups in total. The highest BCUT2D eigenvalue weighted by Crippen LogP contribution is 2.40. The molecule has 3 aromatic rings. The Kier molecular flexibility index (Phi) is 5.31. The van der Waals surface area contributed by atoms with Gasteiger partial charge in [-0.2, -0.15) is 0 Å². The fourth-order valence-corrected chi connectivity index (χ4v) is 3.38. The summed E-state index contributed by atoms with van der Waals surface area (Å²) in [6.45, 7) is 0. The fraction of sp³-hybridized carbons (Fsp3) is 0.238. The first-order valence-corrected chi connectivity index (χ1v) is 9.67. The molecule has 1 saturated carbocycles.